The van der Waals surface area contributed by atoms with Crippen LogP contribution in [-0.4, -0.2) is 4.98 Å². The molecule has 3 heteroatoms. The Labute approximate surface area is 61.0 Å². The van der Waals surface area contributed by atoms with Gasteiger partial charge in [-0.1, -0.05) is 0 Å². The van der Waals surface area contributed by atoms with Crippen molar-refractivity contribution in [3.63, 3.8) is 0 Å². The number of aryl methyl sites for hydroxylation is 1. The highest BCUT2D eigenvalue weighted by Gasteiger charge is 1.96. The molecule has 1 aromatic heterocycles. The maximum Gasteiger partial charge on any atom is 0.156 e. The Kier molecular flexibility index (Phi) is 1.81. The van der Waals surface area contributed by atoms with E-state index < -0.39 is 0 Å². The van der Waals surface area contributed by atoms with Crippen LogP contribution in [0.25, 0.3) is 0 Å². The van der Waals surface area contributed by atoms with E-state index in [0.29, 0.717) is 0 Å². The summed E-state index contributed by atoms with van der Waals surface area (Å²) in [5, 5.41) is 0. The predicted molar refractivity (Wildman–Crippen MR) is 36.6 cm³/mol. The van der Waals surface area contributed by atoms with E-state index in [-0.39, 0.29) is 10.4 Å². The Morgan fingerprint density at radius 2 is 2.33 bits per heavy atom. The number of halogens is 2. The summed E-state index contributed by atoms with van der Waals surface area (Å²) >= 11 is 2.94. The molecule has 0 radical (unpaired) electrons. The number of aromatic nitrogens is 1. The van der Waals surface area contributed by atoms with Gasteiger partial charge in [-0.25, -0.2) is 9.37 Å². The first-order valence-electron chi connectivity index (χ1n) is 2.48. The molecule has 1 nitrogen and oxygen atoms in total. The van der Waals surface area contributed by atoms with Gasteiger partial charge >= 0.3 is 0 Å². The smallest absolute Gasteiger partial charge is 0.156 e. The highest BCUT2D eigenvalue weighted by Crippen LogP contribution is 2.11. The average Bonchev–Trinajstić information content (AvgIpc) is 1.80. The van der Waals surface area contributed by atoms with E-state index >= 15 is 0 Å². The summed E-state index contributed by atoms with van der Waals surface area (Å²) in [6.45, 7) is 1.79. The fraction of sp³-hybridized carbons (Fsp3) is 0.167. The van der Waals surface area contributed by atoms with Crippen LogP contribution in [0.15, 0.2) is 16.9 Å². The molecule has 0 bridgehead atoms. The van der Waals surface area contributed by atoms with Gasteiger partial charge in [-0.2, -0.15) is 0 Å². The van der Waals surface area contributed by atoms with Crippen LogP contribution in [-0.2, 0) is 0 Å². The summed E-state index contributed by atoms with van der Waals surface area (Å²) in [5.41, 5.74) is 0.829. The molecule has 1 heterocycles. The fourth-order valence-electron chi connectivity index (χ4n) is 0.517. The van der Waals surface area contributed by atoms with Crippen molar-refractivity contribution in [1.82, 2.24) is 4.98 Å². The van der Waals surface area contributed by atoms with Crippen LogP contribution in [0.1, 0.15) is 5.56 Å². The van der Waals surface area contributed by atoms with Crippen LogP contribution in [0.4, 0.5) is 4.39 Å². The van der Waals surface area contributed by atoms with E-state index in [1.807, 2.05) is 0 Å². The molecule has 0 aliphatic rings. The molecule has 0 amide bonds. The van der Waals surface area contributed by atoms with Gasteiger partial charge in [0.2, 0.25) is 0 Å². The quantitative estimate of drug-likeness (QED) is 0.572. The monoisotopic (exact) mass is 189 g/mol. The molecule has 0 atom stereocenters. The second-order valence-electron chi connectivity index (χ2n) is 1.79. The lowest BCUT2D eigenvalue weighted by molar-refractivity contribution is 0.611. The maximum atomic E-state index is 12.5. The van der Waals surface area contributed by atoms with Crippen molar-refractivity contribution in [3.05, 3.63) is 28.2 Å². The predicted octanol–water partition coefficient (Wildman–Crippen LogP) is 2.29. The molecule has 0 saturated heterocycles. The normalized spacial score (nSPS) is 9.67. The summed E-state index contributed by atoms with van der Waals surface area (Å²) in [6.07, 6.45) is 1.60. The van der Waals surface area contributed by atoms with Gasteiger partial charge in [-0.05, 0) is 34.5 Å². The molecule has 0 unspecified atom stereocenters. The van der Waals surface area contributed by atoms with Crippen molar-refractivity contribution >= 4 is 15.9 Å². The lowest BCUT2D eigenvalue weighted by Gasteiger charge is -1.92. The van der Waals surface area contributed by atoms with E-state index in [9.17, 15) is 4.39 Å². The lowest BCUT2D eigenvalue weighted by Crippen LogP contribution is -1.83. The fourth-order valence-corrected chi connectivity index (χ4v) is 0.734. The highest BCUT2D eigenvalue weighted by molar-refractivity contribution is 9.10. The lowest BCUT2D eigenvalue weighted by atomic mass is 10.3. The third kappa shape index (κ3) is 1.48. The van der Waals surface area contributed by atoms with Gasteiger partial charge < -0.3 is 0 Å². The maximum absolute atomic E-state index is 12.5. The van der Waals surface area contributed by atoms with Crippen molar-refractivity contribution < 1.29 is 4.39 Å². The summed E-state index contributed by atoms with van der Waals surface area (Å²) in [4.78, 5) is 3.72. The Hall–Kier alpha value is -0.440. The average molecular weight is 190 g/mol. The zero-order valence-electron chi connectivity index (χ0n) is 4.86. The van der Waals surface area contributed by atoms with Crippen LogP contribution < -0.4 is 0 Å². The van der Waals surface area contributed by atoms with E-state index in [1.54, 1.807) is 13.1 Å². The van der Waals surface area contributed by atoms with Crippen LogP contribution in [0, 0.1) is 12.7 Å². The highest BCUT2D eigenvalue weighted by atomic mass is 79.9. The summed E-state index contributed by atoms with van der Waals surface area (Å²) in [5.74, 6) is -0.310. The Morgan fingerprint density at radius 3 is 2.78 bits per heavy atom. The number of pyridine rings is 1. The number of hydrogen-bond acceptors (Lipinski definition) is 1. The summed E-state index contributed by atoms with van der Waals surface area (Å²) < 4.78 is 12.7. The van der Waals surface area contributed by atoms with Crippen LogP contribution in [0.3, 0.4) is 0 Å². The molecule has 0 spiro atoms. The topological polar surface area (TPSA) is 12.9 Å². The molecule has 0 aliphatic carbocycles. The largest absolute Gasteiger partial charge is 0.246 e. The van der Waals surface area contributed by atoms with Gasteiger partial charge in [0.05, 0.1) is 0 Å². The number of hydrogen-bond donors (Lipinski definition) is 0. The molecular formula is C6H5BrFN. The van der Waals surface area contributed by atoms with Gasteiger partial charge in [-0.15, -0.1) is 0 Å². The first-order chi connectivity index (χ1) is 4.20. The van der Waals surface area contributed by atoms with E-state index in [2.05, 4.69) is 20.9 Å². The second-order valence-corrected chi connectivity index (χ2v) is 2.54. The van der Waals surface area contributed by atoms with Gasteiger partial charge in [0.1, 0.15) is 4.60 Å². The third-order valence-corrected chi connectivity index (χ3v) is 1.52. The molecule has 9 heavy (non-hydrogen) atoms. The molecule has 1 aromatic rings. The van der Waals surface area contributed by atoms with Crippen molar-refractivity contribution in [1.29, 1.82) is 0 Å². The van der Waals surface area contributed by atoms with E-state index in [4.69, 9.17) is 0 Å². The molecule has 0 aromatic carbocycles. The summed E-state index contributed by atoms with van der Waals surface area (Å²) in [7, 11) is 0. The first-order valence-corrected chi connectivity index (χ1v) is 3.27. The summed E-state index contributed by atoms with van der Waals surface area (Å²) in [6, 6.07) is 1.43. The van der Waals surface area contributed by atoms with Crippen molar-refractivity contribution in [3.8, 4) is 0 Å². The van der Waals surface area contributed by atoms with Crippen molar-refractivity contribution in [2.75, 3.05) is 0 Å². The minimum atomic E-state index is -0.310. The van der Waals surface area contributed by atoms with Gasteiger partial charge in [0.25, 0.3) is 0 Å². The van der Waals surface area contributed by atoms with Crippen molar-refractivity contribution in [2.24, 2.45) is 0 Å². The van der Waals surface area contributed by atoms with Crippen molar-refractivity contribution in [2.45, 2.75) is 6.92 Å². The molecule has 1 rings (SSSR count). The first kappa shape index (κ1) is 6.68. The van der Waals surface area contributed by atoms with Gasteiger partial charge in [-0.3, -0.25) is 0 Å². The Bertz CT molecular complexity index is 224. The minimum absolute atomic E-state index is 0.271. The molecular weight excluding hydrogens is 185 g/mol. The SMILES string of the molecule is Cc1cnc(Br)c(F)c1. The number of nitrogens with zero attached hydrogens (tertiary/aromatic N) is 1. The van der Waals surface area contributed by atoms with E-state index in [1.165, 1.54) is 6.07 Å². The van der Waals surface area contributed by atoms with Crippen LogP contribution >= 0.6 is 15.9 Å². The van der Waals surface area contributed by atoms with Gasteiger partial charge in [0.15, 0.2) is 5.82 Å². The van der Waals surface area contributed by atoms with E-state index in [0.717, 1.165) is 5.56 Å². The second kappa shape index (κ2) is 2.43. The van der Waals surface area contributed by atoms with Crippen LogP contribution in [0.5, 0.6) is 0 Å². The zero-order valence-corrected chi connectivity index (χ0v) is 6.44. The standard InChI is InChI=1S/C6H5BrFN/c1-4-2-5(8)6(7)9-3-4/h2-3H,1H3. The molecule has 48 valence electrons. The molecule has 0 fully saturated rings. The third-order valence-electron chi connectivity index (χ3n) is 0.933. The Morgan fingerprint density at radius 1 is 1.67 bits per heavy atom. The molecule has 0 aliphatic heterocycles. The van der Waals surface area contributed by atoms with Gasteiger partial charge in [0, 0.05) is 6.20 Å². The molecule has 0 saturated carbocycles. The Balaban J connectivity index is 3.17. The molecule has 0 N–H and O–H groups in total. The zero-order chi connectivity index (χ0) is 6.85. The number of rotatable bonds is 0. The minimum Gasteiger partial charge on any atom is -0.246 e. The van der Waals surface area contributed by atoms with Crippen LogP contribution in [0.2, 0.25) is 0 Å².